The van der Waals surface area contributed by atoms with E-state index in [-0.39, 0.29) is 10.8 Å². The van der Waals surface area contributed by atoms with Gasteiger partial charge in [-0.05, 0) is 34.4 Å². The number of allylic oxidation sites excluding steroid dienone is 2. The molecule has 0 unspecified atom stereocenters. The van der Waals surface area contributed by atoms with Gasteiger partial charge >= 0.3 is 0 Å². The van der Waals surface area contributed by atoms with E-state index in [9.17, 15) is 0 Å². The van der Waals surface area contributed by atoms with E-state index in [4.69, 9.17) is 9.51 Å². The second-order valence-corrected chi connectivity index (χ2v) is 8.94. The highest BCUT2D eigenvalue weighted by molar-refractivity contribution is 5.78. The SMILES string of the molecule is C=C(c1ccc(Cc2nnno2)cc1)c1nc2c(cc1C)C(C)(C)C=CC2(C)C. The first-order chi connectivity index (χ1) is 13.7. The van der Waals surface area contributed by atoms with Crippen LogP contribution in [-0.4, -0.2) is 20.6 Å². The van der Waals surface area contributed by atoms with Crippen LogP contribution in [-0.2, 0) is 17.3 Å². The summed E-state index contributed by atoms with van der Waals surface area (Å²) in [6.45, 7) is 15.4. The Morgan fingerprint density at radius 2 is 1.72 bits per heavy atom. The summed E-state index contributed by atoms with van der Waals surface area (Å²) in [6, 6.07) is 10.5. The molecule has 1 aromatic carbocycles. The number of pyridine rings is 1. The molecule has 1 aliphatic rings. The monoisotopic (exact) mass is 386 g/mol. The van der Waals surface area contributed by atoms with Crippen LogP contribution in [0.2, 0.25) is 0 Å². The minimum atomic E-state index is -0.102. The zero-order valence-electron chi connectivity index (χ0n) is 17.7. The van der Waals surface area contributed by atoms with E-state index < -0.39 is 0 Å². The fraction of sp³-hybridized carbons (Fsp3) is 0.333. The predicted molar refractivity (Wildman–Crippen MR) is 114 cm³/mol. The number of benzene rings is 1. The molecule has 1 aliphatic carbocycles. The summed E-state index contributed by atoms with van der Waals surface area (Å²) in [5, 5.41) is 10.7. The first-order valence-corrected chi connectivity index (χ1v) is 9.83. The Kier molecular flexibility index (Phi) is 4.49. The van der Waals surface area contributed by atoms with Crippen LogP contribution in [0.5, 0.6) is 0 Å². The number of nitrogens with zero attached hydrogens (tertiary/aromatic N) is 4. The third kappa shape index (κ3) is 3.53. The Labute approximate surface area is 171 Å². The number of aryl methyl sites for hydroxylation is 1. The van der Waals surface area contributed by atoms with E-state index in [2.05, 4.69) is 87.1 Å². The Hall–Kier alpha value is -3.08. The Bertz CT molecular complexity index is 1090. The van der Waals surface area contributed by atoms with Crippen molar-refractivity contribution in [1.82, 2.24) is 20.6 Å². The van der Waals surface area contributed by atoms with Crippen molar-refractivity contribution < 1.29 is 4.52 Å². The van der Waals surface area contributed by atoms with Crippen LogP contribution in [0.4, 0.5) is 0 Å². The van der Waals surface area contributed by atoms with E-state index in [0.717, 1.165) is 33.7 Å². The lowest BCUT2D eigenvalue weighted by Crippen LogP contribution is -2.31. The Balaban J connectivity index is 1.68. The molecular formula is C24H26N4O. The summed E-state index contributed by atoms with van der Waals surface area (Å²) in [6.07, 6.45) is 5.12. The van der Waals surface area contributed by atoms with Gasteiger partial charge in [0.1, 0.15) is 0 Å². The quantitative estimate of drug-likeness (QED) is 0.594. The lowest BCUT2D eigenvalue weighted by molar-refractivity contribution is 0.366. The van der Waals surface area contributed by atoms with Crippen molar-refractivity contribution in [3.63, 3.8) is 0 Å². The Morgan fingerprint density at radius 3 is 2.38 bits per heavy atom. The highest BCUT2D eigenvalue weighted by atomic mass is 16.5. The normalized spacial score (nSPS) is 16.4. The van der Waals surface area contributed by atoms with Crippen LogP contribution in [0.1, 0.15) is 67.2 Å². The van der Waals surface area contributed by atoms with Crippen LogP contribution in [0, 0.1) is 6.92 Å². The molecule has 0 aliphatic heterocycles. The largest absolute Gasteiger partial charge is 0.320 e. The lowest BCUT2D eigenvalue weighted by Gasteiger charge is -2.36. The third-order valence-corrected chi connectivity index (χ3v) is 5.72. The summed E-state index contributed by atoms with van der Waals surface area (Å²) in [4.78, 5) is 5.13. The van der Waals surface area contributed by atoms with Crippen molar-refractivity contribution in [2.45, 2.75) is 51.9 Å². The van der Waals surface area contributed by atoms with Crippen molar-refractivity contribution in [2.75, 3.05) is 0 Å². The van der Waals surface area contributed by atoms with Gasteiger partial charge in [0.05, 0.1) is 23.1 Å². The molecule has 3 aromatic rings. The first-order valence-electron chi connectivity index (χ1n) is 9.83. The second-order valence-electron chi connectivity index (χ2n) is 8.94. The molecule has 5 heteroatoms. The van der Waals surface area contributed by atoms with Gasteiger partial charge in [-0.15, -0.1) is 0 Å². The van der Waals surface area contributed by atoms with Gasteiger partial charge in [0.15, 0.2) is 0 Å². The van der Waals surface area contributed by atoms with E-state index in [1.54, 1.807) is 0 Å². The molecule has 0 radical (unpaired) electrons. The van der Waals surface area contributed by atoms with Gasteiger partial charge in [0.2, 0.25) is 0 Å². The maximum Gasteiger partial charge on any atom is 0.252 e. The molecule has 0 atom stereocenters. The van der Waals surface area contributed by atoms with Gasteiger partial charge in [0.25, 0.3) is 5.89 Å². The van der Waals surface area contributed by atoms with E-state index in [1.807, 2.05) is 12.1 Å². The molecule has 0 fully saturated rings. The summed E-state index contributed by atoms with van der Waals surface area (Å²) in [7, 11) is 0. The van der Waals surface area contributed by atoms with Crippen molar-refractivity contribution in [3.8, 4) is 0 Å². The number of hydrogen-bond acceptors (Lipinski definition) is 5. The zero-order valence-corrected chi connectivity index (χ0v) is 17.7. The van der Waals surface area contributed by atoms with Gasteiger partial charge < -0.3 is 4.52 Å². The lowest BCUT2D eigenvalue weighted by atomic mass is 9.70. The molecule has 2 heterocycles. The molecule has 4 rings (SSSR count). The summed E-state index contributed by atoms with van der Waals surface area (Å²) >= 11 is 0. The molecule has 0 spiro atoms. The van der Waals surface area contributed by atoms with Gasteiger partial charge in [-0.2, -0.15) is 0 Å². The standard InChI is InChI=1S/C24H26N4O/c1-15-13-19-22(24(5,6)12-11-23(19,3)4)25-21(15)16(2)18-9-7-17(8-10-18)14-20-26-27-28-29-20/h7-13H,2,14H2,1,3-6H3. The van der Waals surface area contributed by atoms with E-state index in [0.29, 0.717) is 12.3 Å². The number of aromatic nitrogens is 4. The molecule has 2 aromatic heterocycles. The van der Waals surface area contributed by atoms with Crippen molar-refractivity contribution >= 4 is 5.57 Å². The third-order valence-electron chi connectivity index (χ3n) is 5.72. The van der Waals surface area contributed by atoms with E-state index >= 15 is 0 Å². The molecule has 0 bridgehead atoms. The smallest absolute Gasteiger partial charge is 0.252 e. The van der Waals surface area contributed by atoms with Gasteiger partial charge in [-0.3, -0.25) is 4.98 Å². The summed E-state index contributed by atoms with van der Waals surface area (Å²) in [5.74, 6) is 0.502. The van der Waals surface area contributed by atoms with Gasteiger partial charge in [0, 0.05) is 16.4 Å². The average molecular weight is 386 g/mol. The zero-order chi connectivity index (χ0) is 20.8. The molecule has 5 nitrogen and oxygen atoms in total. The predicted octanol–water partition coefficient (Wildman–Crippen LogP) is 4.95. The minimum Gasteiger partial charge on any atom is -0.320 e. The highest BCUT2D eigenvalue weighted by Crippen LogP contribution is 2.41. The summed E-state index contributed by atoms with van der Waals surface area (Å²) < 4.78 is 4.98. The minimum absolute atomic E-state index is 0.0201. The van der Waals surface area contributed by atoms with E-state index in [1.165, 1.54) is 5.56 Å². The molecule has 148 valence electrons. The van der Waals surface area contributed by atoms with Crippen LogP contribution >= 0.6 is 0 Å². The van der Waals surface area contributed by atoms with Crippen molar-refractivity contribution in [2.24, 2.45) is 0 Å². The van der Waals surface area contributed by atoms with Crippen molar-refractivity contribution in [1.29, 1.82) is 0 Å². The van der Waals surface area contributed by atoms with Crippen molar-refractivity contribution in [3.05, 3.63) is 88.6 Å². The number of hydrogen-bond donors (Lipinski definition) is 0. The fourth-order valence-corrected chi connectivity index (χ4v) is 3.84. The topological polar surface area (TPSA) is 64.7 Å². The maximum atomic E-state index is 5.13. The second kappa shape index (κ2) is 6.76. The Morgan fingerprint density at radius 1 is 1.03 bits per heavy atom. The number of fused-ring (bicyclic) bond motifs is 1. The fourth-order valence-electron chi connectivity index (χ4n) is 3.84. The molecule has 0 saturated carbocycles. The van der Waals surface area contributed by atoms with Crippen LogP contribution in [0.25, 0.3) is 5.57 Å². The first kappa shape index (κ1) is 19.2. The summed E-state index contributed by atoms with van der Waals surface area (Å²) in [5.41, 5.74) is 7.47. The molecule has 29 heavy (non-hydrogen) atoms. The molecular weight excluding hydrogens is 360 g/mol. The van der Waals surface area contributed by atoms with Crippen LogP contribution < -0.4 is 0 Å². The molecule has 0 N–H and O–H groups in total. The average Bonchev–Trinajstić information content (AvgIpc) is 3.18. The molecule has 0 saturated heterocycles. The van der Waals surface area contributed by atoms with Crippen LogP contribution in [0.3, 0.4) is 0 Å². The maximum absolute atomic E-state index is 5.13. The van der Waals surface area contributed by atoms with Gasteiger partial charge in [-0.25, -0.2) is 0 Å². The highest BCUT2D eigenvalue weighted by Gasteiger charge is 2.35. The van der Waals surface area contributed by atoms with Crippen LogP contribution in [0.15, 0.2) is 53.6 Å². The molecule has 0 amide bonds. The number of rotatable bonds is 4. The van der Waals surface area contributed by atoms with Gasteiger partial charge in [-0.1, -0.05) is 81.9 Å².